The standard InChI is InChI=1S/C17H17ClN2OS/c1-21-12-4-6-16-14(10-12)17(22-8-2-7-19)13-9-11(18)3-5-15(13)20-16/h3-6,9-10H,2,7-8,19H2,1H3. The minimum Gasteiger partial charge on any atom is -0.497 e. The first-order valence-corrected chi connectivity index (χ1v) is 8.49. The van der Waals surface area contributed by atoms with E-state index in [1.54, 1.807) is 18.9 Å². The Bertz CT molecular complexity index is 822. The van der Waals surface area contributed by atoms with Crippen molar-refractivity contribution in [3.8, 4) is 5.75 Å². The third-order valence-electron chi connectivity index (χ3n) is 3.49. The molecule has 0 bridgehead atoms. The van der Waals surface area contributed by atoms with Crippen molar-refractivity contribution in [2.45, 2.75) is 11.3 Å². The van der Waals surface area contributed by atoms with Crippen molar-refractivity contribution < 1.29 is 4.74 Å². The molecule has 2 aromatic carbocycles. The minimum atomic E-state index is 0.692. The van der Waals surface area contributed by atoms with Gasteiger partial charge in [0.15, 0.2) is 0 Å². The van der Waals surface area contributed by atoms with E-state index in [9.17, 15) is 0 Å². The first-order chi connectivity index (χ1) is 10.7. The second-order valence-electron chi connectivity index (χ2n) is 4.98. The van der Waals surface area contributed by atoms with Crippen LogP contribution in [0.5, 0.6) is 5.75 Å². The number of hydrogen-bond donors (Lipinski definition) is 1. The molecule has 3 nitrogen and oxygen atoms in total. The van der Waals surface area contributed by atoms with Gasteiger partial charge in [-0.25, -0.2) is 4.98 Å². The molecule has 114 valence electrons. The molecule has 0 spiro atoms. The van der Waals surface area contributed by atoms with Gasteiger partial charge in [0.2, 0.25) is 0 Å². The second kappa shape index (κ2) is 6.73. The lowest BCUT2D eigenvalue weighted by molar-refractivity contribution is 0.415. The number of nitrogens with two attached hydrogens (primary N) is 1. The van der Waals surface area contributed by atoms with Crippen LogP contribution < -0.4 is 10.5 Å². The lowest BCUT2D eigenvalue weighted by atomic mass is 10.1. The minimum absolute atomic E-state index is 0.692. The predicted octanol–water partition coefficient (Wildman–Crippen LogP) is 4.49. The lowest BCUT2D eigenvalue weighted by Crippen LogP contribution is -1.99. The summed E-state index contributed by atoms with van der Waals surface area (Å²) >= 11 is 7.98. The monoisotopic (exact) mass is 332 g/mol. The van der Waals surface area contributed by atoms with Crippen molar-refractivity contribution in [2.75, 3.05) is 19.4 Å². The third kappa shape index (κ3) is 3.00. The molecule has 0 atom stereocenters. The molecular weight excluding hydrogens is 316 g/mol. The number of benzene rings is 2. The maximum absolute atomic E-state index is 6.18. The average Bonchev–Trinajstić information content (AvgIpc) is 2.54. The normalized spacial score (nSPS) is 11.2. The zero-order valence-corrected chi connectivity index (χ0v) is 13.9. The van der Waals surface area contributed by atoms with Crippen LogP contribution in [0, 0.1) is 0 Å². The van der Waals surface area contributed by atoms with Crippen LogP contribution >= 0.6 is 23.4 Å². The fraction of sp³-hybridized carbons (Fsp3) is 0.235. The summed E-state index contributed by atoms with van der Waals surface area (Å²) in [5.74, 6) is 1.80. The molecule has 3 aromatic rings. The summed E-state index contributed by atoms with van der Waals surface area (Å²) in [5, 5.41) is 2.89. The summed E-state index contributed by atoms with van der Waals surface area (Å²) in [4.78, 5) is 5.92. The summed E-state index contributed by atoms with van der Waals surface area (Å²) in [6, 6.07) is 11.8. The van der Waals surface area contributed by atoms with E-state index in [1.807, 2.05) is 36.4 Å². The first-order valence-electron chi connectivity index (χ1n) is 7.13. The number of hydrogen-bond acceptors (Lipinski definition) is 4. The number of halogens is 1. The topological polar surface area (TPSA) is 48.1 Å². The summed E-state index contributed by atoms with van der Waals surface area (Å²) in [7, 11) is 1.67. The van der Waals surface area contributed by atoms with Crippen LogP contribution in [-0.2, 0) is 0 Å². The molecular formula is C17H17ClN2OS. The molecule has 0 aliphatic heterocycles. The fourth-order valence-electron chi connectivity index (χ4n) is 2.40. The van der Waals surface area contributed by atoms with Crippen molar-refractivity contribution in [3.63, 3.8) is 0 Å². The molecule has 2 N–H and O–H groups in total. The zero-order valence-electron chi connectivity index (χ0n) is 12.3. The number of fused-ring (bicyclic) bond motifs is 2. The molecule has 1 aromatic heterocycles. The van der Waals surface area contributed by atoms with Crippen LogP contribution in [0.4, 0.5) is 0 Å². The molecule has 0 radical (unpaired) electrons. The van der Waals surface area contributed by atoms with E-state index in [4.69, 9.17) is 27.1 Å². The number of methoxy groups -OCH3 is 1. The van der Waals surface area contributed by atoms with Gasteiger partial charge in [-0.15, -0.1) is 11.8 Å². The Morgan fingerprint density at radius 2 is 1.86 bits per heavy atom. The second-order valence-corrected chi connectivity index (χ2v) is 6.52. The highest BCUT2D eigenvalue weighted by molar-refractivity contribution is 7.99. The Kier molecular flexibility index (Phi) is 4.71. The van der Waals surface area contributed by atoms with E-state index < -0.39 is 0 Å². The number of thioether (sulfide) groups is 1. The summed E-state index contributed by atoms with van der Waals surface area (Å²) in [6.45, 7) is 0.692. The molecule has 0 aliphatic carbocycles. The van der Waals surface area contributed by atoms with Crippen molar-refractivity contribution in [1.29, 1.82) is 0 Å². The van der Waals surface area contributed by atoms with Gasteiger partial charge in [0.1, 0.15) is 5.75 Å². The Balaban J connectivity index is 2.25. The molecule has 1 heterocycles. The van der Waals surface area contributed by atoms with E-state index in [1.165, 1.54) is 4.90 Å². The van der Waals surface area contributed by atoms with Crippen LogP contribution in [0.15, 0.2) is 41.3 Å². The van der Waals surface area contributed by atoms with Crippen LogP contribution in [0.1, 0.15) is 6.42 Å². The molecule has 0 aliphatic rings. The lowest BCUT2D eigenvalue weighted by Gasteiger charge is -2.12. The fourth-order valence-corrected chi connectivity index (χ4v) is 3.72. The van der Waals surface area contributed by atoms with Gasteiger partial charge in [0.05, 0.1) is 18.1 Å². The molecule has 3 rings (SSSR count). The Labute approximate surface area is 138 Å². The number of rotatable bonds is 5. The smallest absolute Gasteiger partial charge is 0.119 e. The van der Waals surface area contributed by atoms with Crippen molar-refractivity contribution in [1.82, 2.24) is 4.98 Å². The van der Waals surface area contributed by atoms with Crippen LogP contribution in [-0.4, -0.2) is 24.4 Å². The predicted molar refractivity (Wildman–Crippen MR) is 95.2 cm³/mol. The molecule has 5 heteroatoms. The van der Waals surface area contributed by atoms with Crippen LogP contribution in [0.3, 0.4) is 0 Å². The molecule has 0 saturated carbocycles. The third-order valence-corrected chi connectivity index (χ3v) is 4.94. The SMILES string of the molecule is COc1ccc2nc3ccc(Cl)cc3c(SCCCN)c2c1. The van der Waals surface area contributed by atoms with Crippen LogP contribution in [0.25, 0.3) is 21.8 Å². The summed E-state index contributed by atoms with van der Waals surface area (Å²) in [5.41, 5.74) is 7.54. The van der Waals surface area contributed by atoms with Gasteiger partial charge in [-0.3, -0.25) is 0 Å². The number of nitrogens with zero attached hydrogens (tertiary/aromatic N) is 1. The maximum Gasteiger partial charge on any atom is 0.119 e. The van der Waals surface area contributed by atoms with Gasteiger partial charge in [-0.05, 0) is 55.1 Å². The summed E-state index contributed by atoms with van der Waals surface area (Å²) < 4.78 is 5.36. The maximum atomic E-state index is 6.18. The highest BCUT2D eigenvalue weighted by Crippen LogP contribution is 2.37. The molecule has 0 fully saturated rings. The highest BCUT2D eigenvalue weighted by atomic mass is 35.5. The molecule has 22 heavy (non-hydrogen) atoms. The van der Waals surface area contributed by atoms with Gasteiger partial charge in [0.25, 0.3) is 0 Å². The molecule has 0 amide bonds. The summed E-state index contributed by atoms with van der Waals surface area (Å²) in [6.07, 6.45) is 0.973. The van der Waals surface area contributed by atoms with E-state index in [0.29, 0.717) is 6.54 Å². The van der Waals surface area contributed by atoms with E-state index in [-0.39, 0.29) is 0 Å². The van der Waals surface area contributed by atoms with Gasteiger partial charge < -0.3 is 10.5 Å². The van der Waals surface area contributed by atoms with Crippen LogP contribution in [0.2, 0.25) is 5.02 Å². The number of ether oxygens (including phenoxy) is 1. The van der Waals surface area contributed by atoms with Crippen molar-refractivity contribution in [3.05, 3.63) is 41.4 Å². The highest BCUT2D eigenvalue weighted by Gasteiger charge is 2.11. The van der Waals surface area contributed by atoms with E-state index >= 15 is 0 Å². The van der Waals surface area contributed by atoms with E-state index in [2.05, 4.69) is 0 Å². The first kappa shape index (κ1) is 15.4. The Morgan fingerprint density at radius 1 is 1.14 bits per heavy atom. The number of pyridine rings is 1. The largest absolute Gasteiger partial charge is 0.497 e. The number of aromatic nitrogens is 1. The average molecular weight is 333 g/mol. The Morgan fingerprint density at radius 3 is 2.59 bits per heavy atom. The Hall–Kier alpha value is -1.49. The van der Waals surface area contributed by atoms with Crippen molar-refractivity contribution in [2.24, 2.45) is 5.73 Å². The van der Waals surface area contributed by atoms with Gasteiger partial charge in [-0.1, -0.05) is 11.6 Å². The zero-order chi connectivity index (χ0) is 15.5. The molecule has 0 saturated heterocycles. The van der Waals surface area contributed by atoms with Crippen molar-refractivity contribution >= 4 is 45.2 Å². The van der Waals surface area contributed by atoms with Gasteiger partial charge in [0, 0.05) is 20.7 Å². The van der Waals surface area contributed by atoms with Gasteiger partial charge >= 0.3 is 0 Å². The van der Waals surface area contributed by atoms with Gasteiger partial charge in [-0.2, -0.15) is 0 Å². The quantitative estimate of drug-likeness (QED) is 0.425. The van der Waals surface area contributed by atoms with E-state index in [0.717, 1.165) is 44.8 Å². The molecule has 0 unspecified atom stereocenters.